The van der Waals surface area contributed by atoms with Crippen LogP contribution in [0.25, 0.3) is 10.8 Å². The first-order valence-electron chi connectivity index (χ1n) is 11.8. The van der Waals surface area contributed by atoms with Gasteiger partial charge in [-0.1, -0.05) is 63.3 Å². The van der Waals surface area contributed by atoms with Gasteiger partial charge in [0.1, 0.15) is 0 Å². The second-order valence-corrected chi connectivity index (χ2v) is 9.52. The highest BCUT2D eigenvalue weighted by Crippen LogP contribution is 2.48. The average molecular weight is 393 g/mol. The van der Waals surface area contributed by atoms with Crippen LogP contribution in [-0.4, -0.2) is 13.1 Å². The van der Waals surface area contributed by atoms with Crippen LogP contribution in [0.15, 0.2) is 36.4 Å². The normalized spacial score (nSPS) is 26.8. The minimum Gasteiger partial charge on any atom is -0.465 e. The van der Waals surface area contributed by atoms with Crippen molar-refractivity contribution in [1.29, 1.82) is 0 Å². The van der Waals surface area contributed by atoms with Crippen LogP contribution < -0.4 is 0 Å². The molecule has 2 fully saturated rings. The molecule has 0 heterocycles. The maximum absolute atomic E-state index is 11.8. The molecular formula is C27H36O2. The van der Waals surface area contributed by atoms with E-state index in [0.717, 1.165) is 23.1 Å². The number of ether oxygens (including phenoxy) is 1. The molecule has 4 rings (SSSR count). The zero-order chi connectivity index (χ0) is 20.2. The van der Waals surface area contributed by atoms with Crippen molar-refractivity contribution < 1.29 is 9.53 Å². The van der Waals surface area contributed by atoms with E-state index in [1.807, 2.05) is 12.1 Å². The third kappa shape index (κ3) is 4.68. The summed E-state index contributed by atoms with van der Waals surface area (Å²) in [5.74, 6) is 3.37. The van der Waals surface area contributed by atoms with Gasteiger partial charge in [-0.3, -0.25) is 0 Å². The molecule has 2 aromatic rings. The van der Waals surface area contributed by atoms with E-state index in [1.165, 1.54) is 82.3 Å². The Kier molecular flexibility index (Phi) is 6.57. The van der Waals surface area contributed by atoms with Crippen molar-refractivity contribution in [2.75, 3.05) is 7.11 Å². The summed E-state index contributed by atoms with van der Waals surface area (Å²) in [5.41, 5.74) is 2.12. The summed E-state index contributed by atoms with van der Waals surface area (Å²) in [6.07, 6.45) is 14.2. The van der Waals surface area contributed by atoms with Crippen LogP contribution in [0.3, 0.4) is 0 Å². The zero-order valence-electron chi connectivity index (χ0n) is 18.2. The largest absolute Gasteiger partial charge is 0.465 e. The molecule has 2 nitrogen and oxygen atoms in total. The van der Waals surface area contributed by atoms with Crippen LogP contribution in [0.4, 0.5) is 0 Å². The number of hydrogen-bond donors (Lipinski definition) is 0. The van der Waals surface area contributed by atoms with E-state index in [1.54, 1.807) is 0 Å². The number of fused-ring (bicyclic) bond motifs is 2. The Morgan fingerprint density at radius 2 is 1.69 bits per heavy atom. The lowest BCUT2D eigenvalue weighted by atomic mass is 9.63. The number of hydrogen-bond acceptors (Lipinski definition) is 2. The van der Waals surface area contributed by atoms with Crippen LogP contribution in [0.5, 0.6) is 0 Å². The summed E-state index contributed by atoms with van der Waals surface area (Å²) in [7, 11) is 1.44. The van der Waals surface area contributed by atoms with Crippen molar-refractivity contribution in [2.45, 2.75) is 77.0 Å². The lowest BCUT2D eigenvalue weighted by Gasteiger charge is -2.42. The fraction of sp³-hybridized carbons (Fsp3) is 0.593. The summed E-state index contributed by atoms with van der Waals surface area (Å²) in [4.78, 5) is 11.8. The van der Waals surface area contributed by atoms with Crippen molar-refractivity contribution in [1.82, 2.24) is 0 Å². The van der Waals surface area contributed by atoms with E-state index in [2.05, 4.69) is 31.2 Å². The molecule has 0 spiro atoms. The third-order valence-corrected chi connectivity index (χ3v) is 7.69. The number of esters is 1. The molecule has 0 N–H and O–H groups in total. The molecular weight excluding hydrogens is 356 g/mol. The fourth-order valence-electron chi connectivity index (χ4n) is 6.00. The first-order valence-corrected chi connectivity index (χ1v) is 11.8. The molecule has 0 aliphatic heterocycles. The summed E-state index contributed by atoms with van der Waals surface area (Å²) < 4.78 is 4.85. The average Bonchev–Trinajstić information content (AvgIpc) is 2.77. The van der Waals surface area contributed by atoms with Crippen LogP contribution >= 0.6 is 0 Å². The number of carbonyl (C=O) groups is 1. The molecule has 0 bridgehead atoms. The van der Waals surface area contributed by atoms with Gasteiger partial charge in [0.15, 0.2) is 0 Å². The van der Waals surface area contributed by atoms with Gasteiger partial charge in [0, 0.05) is 0 Å². The lowest BCUT2D eigenvalue weighted by Crippen LogP contribution is -2.30. The van der Waals surface area contributed by atoms with Gasteiger partial charge in [0.2, 0.25) is 0 Å². The van der Waals surface area contributed by atoms with E-state index in [9.17, 15) is 4.79 Å². The Morgan fingerprint density at radius 3 is 2.52 bits per heavy atom. The molecule has 2 unspecified atom stereocenters. The van der Waals surface area contributed by atoms with Crippen LogP contribution in [0.2, 0.25) is 0 Å². The standard InChI is InChI=1S/C27H36O2/c1-3-4-5-6-19-7-8-21-16-22(10-9-20(21)15-19)23-11-12-25-18-26(27(28)29-2)14-13-24(25)17-23/h11-14,17-22H,3-10,15-16H2,1-2H3/t19?,20-,21+,22?/m0/s1. The number of unbranched alkanes of at least 4 members (excludes halogenated alkanes) is 2. The van der Waals surface area contributed by atoms with Crippen LogP contribution in [-0.2, 0) is 4.74 Å². The monoisotopic (exact) mass is 392 g/mol. The molecule has 0 aromatic heterocycles. The Balaban J connectivity index is 1.40. The predicted octanol–water partition coefficient (Wildman–Crippen LogP) is 7.51. The summed E-state index contributed by atoms with van der Waals surface area (Å²) >= 11 is 0. The van der Waals surface area contributed by atoms with Crippen molar-refractivity contribution in [3.8, 4) is 0 Å². The van der Waals surface area contributed by atoms with Gasteiger partial charge in [-0.25, -0.2) is 4.79 Å². The summed E-state index contributed by atoms with van der Waals surface area (Å²) in [6, 6.07) is 12.7. The molecule has 156 valence electrons. The minimum atomic E-state index is -0.264. The lowest BCUT2D eigenvalue weighted by molar-refractivity contribution is 0.0601. The van der Waals surface area contributed by atoms with Gasteiger partial charge in [-0.15, -0.1) is 0 Å². The van der Waals surface area contributed by atoms with E-state index in [-0.39, 0.29) is 5.97 Å². The highest BCUT2D eigenvalue weighted by molar-refractivity contribution is 5.95. The second kappa shape index (κ2) is 9.32. The summed E-state index contributed by atoms with van der Waals surface area (Å²) in [5, 5.41) is 2.36. The van der Waals surface area contributed by atoms with Crippen molar-refractivity contribution in [3.05, 3.63) is 47.5 Å². The molecule has 2 aliphatic carbocycles. The van der Waals surface area contributed by atoms with Gasteiger partial charge in [-0.2, -0.15) is 0 Å². The molecule has 4 atom stereocenters. The number of carbonyl (C=O) groups excluding carboxylic acids is 1. The first kappa shape index (κ1) is 20.4. The van der Waals surface area contributed by atoms with E-state index >= 15 is 0 Å². The quantitative estimate of drug-likeness (QED) is 0.375. The minimum absolute atomic E-state index is 0.264. The highest BCUT2D eigenvalue weighted by atomic mass is 16.5. The number of methoxy groups -OCH3 is 1. The number of rotatable bonds is 6. The molecule has 0 radical (unpaired) electrons. The molecule has 0 saturated heterocycles. The fourth-order valence-corrected chi connectivity index (χ4v) is 6.00. The maximum atomic E-state index is 11.8. The van der Waals surface area contributed by atoms with Crippen LogP contribution in [0.1, 0.15) is 93.0 Å². The van der Waals surface area contributed by atoms with Gasteiger partial charge in [0.25, 0.3) is 0 Å². The summed E-state index contributed by atoms with van der Waals surface area (Å²) in [6.45, 7) is 2.31. The van der Waals surface area contributed by atoms with Crippen LogP contribution in [0, 0.1) is 17.8 Å². The topological polar surface area (TPSA) is 26.3 Å². The van der Waals surface area contributed by atoms with Crippen molar-refractivity contribution >= 4 is 16.7 Å². The molecule has 2 saturated carbocycles. The molecule has 2 aromatic carbocycles. The van der Waals surface area contributed by atoms with Gasteiger partial charge in [-0.05, 0) is 84.2 Å². The Morgan fingerprint density at radius 1 is 0.931 bits per heavy atom. The Hall–Kier alpha value is -1.83. The first-order chi connectivity index (χ1) is 14.2. The second-order valence-electron chi connectivity index (χ2n) is 9.52. The van der Waals surface area contributed by atoms with Crippen molar-refractivity contribution in [3.63, 3.8) is 0 Å². The SMILES string of the molecule is CCCCCC1CC[C@@H]2CC(c3ccc4cc(C(=O)OC)ccc4c3)CC[C@H]2C1. The Labute approximate surface area is 176 Å². The Bertz CT molecular complexity index is 840. The maximum Gasteiger partial charge on any atom is 0.337 e. The molecule has 2 heteroatoms. The third-order valence-electron chi connectivity index (χ3n) is 7.69. The van der Waals surface area contributed by atoms with E-state index in [4.69, 9.17) is 4.74 Å². The van der Waals surface area contributed by atoms with E-state index < -0.39 is 0 Å². The molecule has 29 heavy (non-hydrogen) atoms. The smallest absolute Gasteiger partial charge is 0.337 e. The molecule has 2 aliphatic rings. The zero-order valence-corrected chi connectivity index (χ0v) is 18.2. The van der Waals surface area contributed by atoms with Gasteiger partial charge >= 0.3 is 5.97 Å². The van der Waals surface area contributed by atoms with Gasteiger partial charge < -0.3 is 4.74 Å². The number of benzene rings is 2. The van der Waals surface area contributed by atoms with E-state index in [0.29, 0.717) is 11.5 Å². The molecule has 0 amide bonds. The van der Waals surface area contributed by atoms with Crippen molar-refractivity contribution in [2.24, 2.45) is 17.8 Å². The van der Waals surface area contributed by atoms with Gasteiger partial charge in [0.05, 0.1) is 12.7 Å². The highest BCUT2D eigenvalue weighted by Gasteiger charge is 2.35. The predicted molar refractivity (Wildman–Crippen MR) is 120 cm³/mol.